The van der Waals surface area contributed by atoms with Crippen LogP contribution in [0, 0.1) is 5.92 Å². The van der Waals surface area contributed by atoms with Crippen molar-refractivity contribution in [3.63, 3.8) is 0 Å². The normalized spacial score (nSPS) is 20.3. The molecule has 6 heteroatoms. The van der Waals surface area contributed by atoms with Gasteiger partial charge in [-0.2, -0.15) is 0 Å². The first-order chi connectivity index (χ1) is 10.6. The average Bonchev–Trinajstić information content (AvgIpc) is 2.51. The summed E-state index contributed by atoms with van der Waals surface area (Å²) in [5.74, 6) is -2.34. The van der Waals surface area contributed by atoms with Crippen molar-refractivity contribution in [1.82, 2.24) is 4.90 Å². The lowest BCUT2D eigenvalue weighted by Gasteiger charge is -2.45. The molecule has 0 saturated carbocycles. The zero-order valence-corrected chi connectivity index (χ0v) is 12.7. The highest BCUT2D eigenvalue weighted by Gasteiger charge is 2.53. The van der Waals surface area contributed by atoms with Crippen LogP contribution in [0.15, 0.2) is 30.3 Å². The van der Waals surface area contributed by atoms with Gasteiger partial charge < -0.3 is 14.4 Å². The molecule has 2 rings (SSSR count). The Labute approximate surface area is 129 Å². The van der Waals surface area contributed by atoms with Gasteiger partial charge in [-0.1, -0.05) is 30.3 Å². The van der Waals surface area contributed by atoms with Gasteiger partial charge in [-0.3, -0.25) is 14.4 Å². The lowest BCUT2D eigenvalue weighted by molar-refractivity contribution is -0.177. The maximum absolute atomic E-state index is 12.2. The van der Waals surface area contributed by atoms with Gasteiger partial charge in [-0.05, 0) is 19.4 Å². The van der Waals surface area contributed by atoms with E-state index in [1.165, 1.54) is 4.90 Å². The second-order valence-corrected chi connectivity index (χ2v) is 4.86. The molecule has 0 radical (unpaired) electrons. The summed E-state index contributed by atoms with van der Waals surface area (Å²) < 4.78 is 9.84. The van der Waals surface area contributed by atoms with E-state index < -0.39 is 29.8 Å². The molecule has 0 unspecified atom stereocenters. The summed E-state index contributed by atoms with van der Waals surface area (Å²) in [4.78, 5) is 37.2. The highest BCUT2D eigenvalue weighted by molar-refractivity contribution is 6.04. The second-order valence-electron chi connectivity index (χ2n) is 4.86. The van der Waals surface area contributed by atoms with Gasteiger partial charge in [0.2, 0.25) is 5.91 Å². The number of likely N-dealkylation sites (tertiary alicyclic amines) is 1. The lowest BCUT2D eigenvalue weighted by Crippen LogP contribution is -2.59. The first-order valence-corrected chi connectivity index (χ1v) is 7.27. The minimum Gasteiger partial charge on any atom is -0.465 e. The first-order valence-electron chi connectivity index (χ1n) is 7.27. The number of β-lactam (4-membered cyclic amide) rings is 1. The van der Waals surface area contributed by atoms with Gasteiger partial charge in [0.1, 0.15) is 6.54 Å². The molecule has 1 fully saturated rings. The molecule has 1 aliphatic rings. The van der Waals surface area contributed by atoms with E-state index in [-0.39, 0.29) is 19.8 Å². The number of carbonyl (C=O) groups is 3. The highest BCUT2D eigenvalue weighted by atomic mass is 16.5. The van der Waals surface area contributed by atoms with Crippen molar-refractivity contribution < 1.29 is 23.9 Å². The van der Waals surface area contributed by atoms with Gasteiger partial charge in [-0.25, -0.2) is 0 Å². The summed E-state index contributed by atoms with van der Waals surface area (Å²) in [5.41, 5.74) is 0.796. The molecule has 0 aromatic heterocycles. The predicted octanol–water partition coefficient (Wildman–Crippen LogP) is 1.31. The number of amides is 1. The maximum Gasteiger partial charge on any atom is 0.325 e. The predicted molar refractivity (Wildman–Crippen MR) is 77.7 cm³/mol. The number of hydrogen-bond acceptors (Lipinski definition) is 5. The molecule has 0 bridgehead atoms. The minimum atomic E-state index is -0.892. The van der Waals surface area contributed by atoms with E-state index in [9.17, 15) is 14.4 Å². The third kappa shape index (κ3) is 3.10. The van der Waals surface area contributed by atoms with Crippen LogP contribution in [0.25, 0.3) is 0 Å². The van der Waals surface area contributed by atoms with E-state index in [0.717, 1.165) is 5.56 Å². The van der Waals surface area contributed by atoms with Gasteiger partial charge >= 0.3 is 11.9 Å². The van der Waals surface area contributed by atoms with Crippen LogP contribution >= 0.6 is 0 Å². The fraction of sp³-hybridized carbons (Fsp3) is 0.438. The maximum atomic E-state index is 12.2. The Balaban J connectivity index is 2.21. The van der Waals surface area contributed by atoms with Crippen molar-refractivity contribution in [2.24, 2.45) is 5.92 Å². The van der Waals surface area contributed by atoms with Crippen molar-refractivity contribution in [3.8, 4) is 0 Å². The summed E-state index contributed by atoms with van der Waals surface area (Å²) in [6.45, 7) is 3.68. The molecule has 1 aliphatic heterocycles. The number of esters is 2. The summed E-state index contributed by atoms with van der Waals surface area (Å²) >= 11 is 0. The number of carbonyl (C=O) groups excluding carboxylic acids is 3. The molecule has 1 heterocycles. The molecule has 118 valence electrons. The Morgan fingerprint density at radius 1 is 1.09 bits per heavy atom. The molecule has 0 N–H and O–H groups in total. The molecule has 0 aliphatic carbocycles. The van der Waals surface area contributed by atoms with Gasteiger partial charge in [0.05, 0.1) is 19.3 Å². The van der Waals surface area contributed by atoms with Crippen LogP contribution in [-0.4, -0.2) is 42.5 Å². The van der Waals surface area contributed by atoms with Gasteiger partial charge in [0.25, 0.3) is 0 Å². The quantitative estimate of drug-likeness (QED) is 0.450. The molecule has 1 aromatic carbocycles. The zero-order chi connectivity index (χ0) is 16.1. The van der Waals surface area contributed by atoms with Crippen LogP contribution in [0.4, 0.5) is 0 Å². The van der Waals surface area contributed by atoms with E-state index >= 15 is 0 Å². The van der Waals surface area contributed by atoms with Crippen LogP contribution in [0.2, 0.25) is 0 Å². The number of benzene rings is 1. The van der Waals surface area contributed by atoms with Gasteiger partial charge in [0.15, 0.2) is 5.92 Å². The van der Waals surface area contributed by atoms with E-state index in [1.807, 2.05) is 30.3 Å². The van der Waals surface area contributed by atoms with E-state index in [0.29, 0.717) is 0 Å². The average molecular weight is 305 g/mol. The third-order valence-electron chi connectivity index (χ3n) is 3.49. The number of nitrogens with zero attached hydrogens (tertiary/aromatic N) is 1. The van der Waals surface area contributed by atoms with Crippen molar-refractivity contribution in [3.05, 3.63) is 35.9 Å². The SMILES string of the molecule is CCOC(=O)CN1C(=O)[C@@H](C(=O)OCC)[C@@H]1c1ccccc1. The summed E-state index contributed by atoms with van der Waals surface area (Å²) in [7, 11) is 0. The van der Waals surface area contributed by atoms with Gasteiger partial charge in [-0.15, -0.1) is 0 Å². The van der Waals surface area contributed by atoms with E-state index in [2.05, 4.69) is 0 Å². The van der Waals surface area contributed by atoms with Crippen LogP contribution < -0.4 is 0 Å². The molecule has 1 amide bonds. The lowest BCUT2D eigenvalue weighted by atomic mass is 9.82. The Morgan fingerprint density at radius 3 is 2.32 bits per heavy atom. The largest absolute Gasteiger partial charge is 0.465 e. The molecule has 1 aromatic rings. The number of rotatable bonds is 6. The summed E-state index contributed by atoms with van der Waals surface area (Å²) in [5, 5.41) is 0. The van der Waals surface area contributed by atoms with Crippen LogP contribution in [0.1, 0.15) is 25.5 Å². The summed E-state index contributed by atoms with van der Waals surface area (Å²) in [6, 6.07) is 8.64. The second kappa shape index (κ2) is 7.06. The van der Waals surface area contributed by atoms with Gasteiger partial charge in [0, 0.05) is 0 Å². The standard InChI is InChI=1S/C16H19NO5/c1-3-21-12(18)10-17-14(11-8-6-5-7-9-11)13(15(17)19)16(20)22-4-2/h5-9,13-14H,3-4,10H2,1-2H3/t13-,14-/m0/s1. The zero-order valence-electron chi connectivity index (χ0n) is 12.7. The number of hydrogen-bond donors (Lipinski definition) is 0. The Hall–Kier alpha value is -2.37. The smallest absolute Gasteiger partial charge is 0.325 e. The Morgan fingerprint density at radius 2 is 1.73 bits per heavy atom. The molecule has 2 atom stereocenters. The van der Waals surface area contributed by atoms with E-state index in [4.69, 9.17) is 9.47 Å². The first kappa shape index (κ1) is 16.0. The van der Waals surface area contributed by atoms with Crippen LogP contribution in [0.5, 0.6) is 0 Å². The number of ether oxygens (including phenoxy) is 2. The van der Waals surface area contributed by atoms with Crippen molar-refractivity contribution in [1.29, 1.82) is 0 Å². The van der Waals surface area contributed by atoms with Crippen LogP contribution in [-0.2, 0) is 23.9 Å². The van der Waals surface area contributed by atoms with Crippen LogP contribution in [0.3, 0.4) is 0 Å². The topological polar surface area (TPSA) is 72.9 Å². The third-order valence-corrected chi connectivity index (χ3v) is 3.49. The van der Waals surface area contributed by atoms with E-state index in [1.54, 1.807) is 13.8 Å². The minimum absolute atomic E-state index is 0.165. The molecule has 1 saturated heterocycles. The highest BCUT2D eigenvalue weighted by Crippen LogP contribution is 2.40. The summed E-state index contributed by atoms with van der Waals surface area (Å²) in [6.07, 6.45) is 0. The molecule has 22 heavy (non-hydrogen) atoms. The van der Waals surface area contributed by atoms with Crippen molar-refractivity contribution in [2.45, 2.75) is 19.9 Å². The monoisotopic (exact) mass is 305 g/mol. The van der Waals surface area contributed by atoms with Crippen molar-refractivity contribution >= 4 is 17.8 Å². The Bertz CT molecular complexity index is 557. The molecule has 0 spiro atoms. The molecular formula is C16H19NO5. The van der Waals surface area contributed by atoms with Crippen molar-refractivity contribution in [2.75, 3.05) is 19.8 Å². The molecular weight excluding hydrogens is 286 g/mol. The molecule has 6 nitrogen and oxygen atoms in total. The Kier molecular flexibility index (Phi) is 5.14. The fourth-order valence-electron chi connectivity index (χ4n) is 2.55. The fourth-order valence-corrected chi connectivity index (χ4v) is 2.55.